The Morgan fingerprint density at radius 1 is 1.39 bits per heavy atom. The summed E-state index contributed by atoms with van der Waals surface area (Å²) in [6, 6.07) is 0. The zero-order valence-corrected chi connectivity index (χ0v) is 12.1. The van der Waals surface area contributed by atoms with Crippen molar-refractivity contribution in [2.75, 3.05) is 19.6 Å². The summed E-state index contributed by atoms with van der Waals surface area (Å²) in [5, 5.41) is 6.48. The molecule has 1 aliphatic heterocycles. The fraction of sp³-hybridized carbons (Fsp3) is 0.933. The lowest BCUT2D eigenvalue weighted by molar-refractivity contribution is -0.122. The lowest BCUT2D eigenvalue weighted by atomic mass is 9.85. The fourth-order valence-electron chi connectivity index (χ4n) is 2.68. The molecule has 106 valence electrons. The number of carbonyl (C=O) groups excluding carboxylic acids is 1. The third kappa shape index (κ3) is 6.39. The quantitative estimate of drug-likeness (QED) is 0.654. The predicted molar refractivity (Wildman–Crippen MR) is 76.5 cm³/mol. The minimum absolute atomic E-state index is 0.240. The number of unbranched alkanes of at least 4 members (excludes halogenated alkanes) is 3. The first-order valence-corrected chi connectivity index (χ1v) is 7.71. The van der Waals surface area contributed by atoms with Crippen LogP contribution >= 0.6 is 0 Å². The van der Waals surface area contributed by atoms with Crippen molar-refractivity contribution in [3.63, 3.8) is 0 Å². The van der Waals surface area contributed by atoms with Crippen LogP contribution in [0, 0.1) is 11.8 Å². The molecule has 1 rings (SSSR count). The number of carbonyl (C=O) groups is 1. The molecule has 2 N–H and O–H groups in total. The normalized spacial score (nSPS) is 21.6. The first kappa shape index (κ1) is 15.5. The van der Waals surface area contributed by atoms with Gasteiger partial charge in [-0.25, -0.2) is 0 Å². The molecule has 0 bridgehead atoms. The van der Waals surface area contributed by atoms with Crippen molar-refractivity contribution in [1.82, 2.24) is 10.6 Å². The molecule has 1 amide bonds. The second-order valence-corrected chi connectivity index (χ2v) is 5.70. The fourth-order valence-corrected chi connectivity index (χ4v) is 2.68. The van der Waals surface area contributed by atoms with Crippen LogP contribution in [0.4, 0.5) is 0 Å². The maximum atomic E-state index is 11.8. The van der Waals surface area contributed by atoms with Crippen LogP contribution in [0.2, 0.25) is 0 Å². The van der Waals surface area contributed by atoms with Gasteiger partial charge in [0.25, 0.3) is 0 Å². The van der Waals surface area contributed by atoms with Crippen molar-refractivity contribution < 1.29 is 4.79 Å². The van der Waals surface area contributed by atoms with Crippen molar-refractivity contribution in [3.05, 3.63) is 0 Å². The molecule has 1 saturated heterocycles. The molecule has 0 radical (unpaired) electrons. The number of rotatable bonds is 8. The average molecular weight is 254 g/mol. The van der Waals surface area contributed by atoms with Crippen LogP contribution < -0.4 is 10.6 Å². The molecule has 0 aromatic carbocycles. The Kier molecular flexibility index (Phi) is 8.06. The second-order valence-electron chi connectivity index (χ2n) is 5.70. The molecule has 0 aromatic rings. The summed E-state index contributed by atoms with van der Waals surface area (Å²) in [6.07, 6.45) is 8.11. The Labute approximate surface area is 112 Å². The Morgan fingerprint density at radius 2 is 2.22 bits per heavy atom. The van der Waals surface area contributed by atoms with E-state index in [0.717, 1.165) is 26.1 Å². The van der Waals surface area contributed by atoms with Gasteiger partial charge in [-0.1, -0.05) is 33.1 Å². The molecule has 3 nitrogen and oxygen atoms in total. The van der Waals surface area contributed by atoms with Crippen molar-refractivity contribution >= 4 is 5.91 Å². The van der Waals surface area contributed by atoms with Crippen LogP contribution in [0.3, 0.4) is 0 Å². The zero-order valence-electron chi connectivity index (χ0n) is 12.1. The number of nitrogens with one attached hydrogen (secondary N) is 2. The molecular formula is C15H30N2O. The van der Waals surface area contributed by atoms with Gasteiger partial charge in [0, 0.05) is 13.0 Å². The van der Waals surface area contributed by atoms with Crippen LogP contribution in [0.1, 0.15) is 58.8 Å². The van der Waals surface area contributed by atoms with Crippen molar-refractivity contribution in [2.45, 2.75) is 58.8 Å². The maximum absolute atomic E-state index is 11.8. The molecule has 0 aromatic heterocycles. The van der Waals surface area contributed by atoms with Gasteiger partial charge in [-0.05, 0) is 44.2 Å². The summed E-state index contributed by atoms with van der Waals surface area (Å²) in [5.74, 6) is 1.43. The topological polar surface area (TPSA) is 41.1 Å². The Morgan fingerprint density at radius 3 is 2.89 bits per heavy atom. The van der Waals surface area contributed by atoms with E-state index in [2.05, 4.69) is 24.5 Å². The molecule has 2 atom stereocenters. The van der Waals surface area contributed by atoms with E-state index in [1.54, 1.807) is 0 Å². The largest absolute Gasteiger partial charge is 0.356 e. The van der Waals surface area contributed by atoms with E-state index >= 15 is 0 Å². The number of amides is 1. The zero-order chi connectivity index (χ0) is 13.2. The standard InChI is InChI=1S/C15H30N2O/c1-3-4-5-6-10-17-15(18)11-13(2)14-8-7-9-16-12-14/h13-14,16H,3-12H2,1-2H3,(H,17,18). The Bertz CT molecular complexity index is 225. The van der Waals surface area contributed by atoms with Gasteiger partial charge in [-0.3, -0.25) is 4.79 Å². The van der Waals surface area contributed by atoms with Gasteiger partial charge in [0.05, 0.1) is 0 Å². The lowest BCUT2D eigenvalue weighted by Gasteiger charge is -2.28. The summed E-state index contributed by atoms with van der Waals surface area (Å²) in [6.45, 7) is 7.51. The summed E-state index contributed by atoms with van der Waals surface area (Å²) in [7, 11) is 0. The van der Waals surface area contributed by atoms with E-state index in [1.807, 2.05) is 0 Å². The molecule has 3 heteroatoms. The maximum Gasteiger partial charge on any atom is 0.220 e. The van der Waals surface area contributed by atoms with Gasteiger partial charge < -0.3 is 10.6 Å². The van der Waals surface area contributed by atoms with Gasteiger partial charge in [0.15, 0.2) is 0 Å². The van der Waals surface area contributed by atoms with E-state index in [9.17, 15) is 4.79 Å². The number of hydrogen-bond acceptors (Lipinski definition) is 2. The van der Waals surface area contributed by atoms with E-state index in [4.69, 9.17) is 0 Å². The minimum atomic E-state index is 0.240. The van der Waals surface area contributed by atoms with Crippen LogP contribution in [0.25, 0.3) is 0 Å². The van der Waals surface area contributed by atoms with E-state index in [1.165, 1.54) is 32.1 Å². The van der Waals surface area contributed by atoms with Gasteiger partial charge in [-0.15, -0.1) is 0 Å². The molecule has 1 fully saturated rings. The first-order valence-electron chi connectivity index (χ1n) is 7.71. The van der Waals surface area contributed by atoms with E-state index < -0.39 is 0 Å². The van der Waals surface area contributed by atoms with E-state index in [-0.39, 0.29) is 5.91 Å². The van der Waals surface area contributed by atoms with Crippen LogP contribution in [-0.4, -0.2) is 25.5 Å². The van der Waals surface area contributed by atoms with Crippen LogP contribution in [0.15, 0.2) is 0 Å². The number of piperidine rings is 1. The van der Waals surface area contributed by atoms with Gasteiger partial charge >= 0.3 is 0 Å². The SMILES string of the molecule is CCCCCCNC(=O)CC(C)C1CCCNC1. The molecule has 1 heterocycles. The second kappa shape index (κ2) is 9.37. The summed E-state index contributed by atoms with van der Waals surface area (Å²) < 4.78 is 0. The highest BCUT2D eigenvalue weighted by atomic mass is 16.1. The Balaban J connectivity index is 2.07. The molecule has 18 heavy (non-hydrogen) atoms. The summed E-state index contributed by atoms with van der Waals surface area (Å²) >= 11 is 0. The average Bonchev–Trinajstić information content (AvgIpc) is 2.39. The van der Waals surface area contributed by atoms with Crippen LogP contribution in [-0.2, 0) is 4.79 Å². The highest BCUT2D eigenvalue weighted by Gasteiger charge is 2.21. The van der Waals surface area contributed by atoms with Gasteiger partial charge in [-0.2, -0.15) is 0 Å². The molecular weight excluding hydrogens is 224 g/mol. The lowest BCUT2D eigenvalue weighted by Crippen LogP contribution is -2.35. The van der Waals surface area contributed by atoms with Gasteiger partial charge in [0.1, 0.15) is 0 Å². The highest BCUT2D eigenvalue weighted by molar-refractivity contribution is 5.76. The predicted octanol–water partition coefficient (Wildman–Crippen LogP) is 2.71. The summed E-state index contributed by atoms with van der Waals surface area (Å²) in [5.41, 5.74) is 0. The van der Waals surface area contributed by atoms with Gasteiger partial charge in [0.2, 0.25) is 5.91 Å². The van der Waals surface area contributed by atoms with Crippen molar-refractivity contribution in [2.24, 2.45) is 11.8 Å². The smallest absolute Gasteiger partial charge is 0.220 e. The molecule has 2 unspecified atom stereocenters. The third-order valence-electron chi connectivity index (χ3n) is 4.00. The first-order chi connectivity index (χ1) is 8.74. The third-order valence-corrected chi connectivity index (χ3v) is 4.00. The van der Waals surface area contributed by atoms with Crippen molar-refractivity contribution in [1.29, 1.82) is 0 Å². The Hall–Kier alpha value is -0.570. The molecule has 0 aliphatic carbocycles. The van der Waals surface area contributed by atoms with E-state index in [0.29, 0.717) is 18.3 Å². The van der Waals surface area contributed by atoms with Crippen LogP contribution in [0.5, 0.6) is 0 Å². The molecule has 0 saturated carbocycles. The van der Waals surface area contributed by atoms with Crippen molar-refractivity contribution in [3.8, 4) is 0 Å². The monoisotopic (exact) mass is 254 g/mol. The highest BCUT2D eigenvalue weighted by Crippen LogP contribution is 2.22. The molecule has 1 aliphatic rings. The molecule has 0 spiro atoms. The summed E-state index contributed by atoms with van der Waals surface area (Å²) in [4.78, 5) is 11.8. The number of hydrogen-bond donors (Lipinski definition) is 2. The minimum Gasteiger partial charge on any atom is -0.356 e.